The molecule has 0 saturated heterocycles. The maximum absolute atomic E-state index is 13.5. The molecule has 6 nitrogen and oxygen atoms in total. The van der Waals surface area contributed by atoms with Crippen molar-refractivity contribution >= 4 is 39.2 Å². The van der Waals surface area contributed by atoms with Crippen molar-refractivity contribution in [2.75, 3.05) is 0 Å². The molecule has 0 saturated carbocycles. The number of hydrogen-bond acceptors (Lipinski definition) is 4. The maximum Gasteiger partial charge on any atom is 0.268 e. The van der Waals surface area contributed by atoms with Crippen LogP contribution in [0.2, 0.25) is 0 Å². The highest BCUT2D eigenvalue weighted by molar-refractivity contribution is 7.90. The number of benzene rings is 3. The van der Waals surface area contributed by atoms with Crippen molar-refractivity contribution in [2.24, 2.45) is 0 Å². The van der Waals surface area contributed by atoms with E-state index in [1.54, 1.807) is 24.7 Å². The summed E-state index contributed by atoms with van der Waals surface area (Å²) in [6.07, 6.45) is 4.98. The molecule has 0 atom stereocenters. The van der Waals surface area contributed by atoms with Crippen molar-refractivity contribution in [1.29, 1.82) is 0 Å². The van der Waals surface area contributed by atoms with Gasteiger partial charge in [0.25, 0.3) is 15.9 Å². The summed E-state index contributed by atoms with van der Waals surface area (Å²) in [4.78, 5) is 16.6. The highest BCUT2D eigenvalue weighted by atomic mass is 35.5. The molecule has 0 unspecified atom stereocenters. The topological polar surface area (TPSA) is 81.1 Å². The van der Waals surface area contributed by atoms with Crippen molar-refractivity contribution in [3.8, 4) is 11.1 Å². The SMILES string of the molecule is Cl.O=C(NCc1ccncc1)c1ccc(S(=O)(=O)n2cc(-c3ccccc3)c3ccccc32)cc1. The average molecular weight is 504 g/mol. The fourth-order valence-electron chi connectivity index (χ4n) is 3.87. The second-order valence-electron chi connectivity index (χ2n) is 7.79. The minimum absolute atomic E-state index is 0. The molecule has 0 bridgehead atoms. The molecule has 0 spiro atoms. The lowest BCUT2D eigenvalue weighted by molar-refractivity contribution is 0.0951. The van der Waals surface area contributed by atoms with Gasteiger partial charge in [-0.3, -0.25) is 9.78 Å². The van der Waals surface area contributed by atoms with Gasteiger partial charge in [-0.2, -0.15) is 0 Å². The molecule has 1 N–H and O–H groups in total. The van der Waals surface area contributed by atoms with Crippen LogP contribution in [0.5, 0.6) is 0 Å². The van der Waals surface area contributed by atoms with E-state index in [2.05, 4.69) is 10.3 Å². The smallest absolute Gasteiger partial charge is 0.268 e. The Hall–Kier alpha value is -3.94. The van der Waals surface area contributed by atoms with Crippen molar-refractivity contribution in [2.45, 2.75) is 11.4 Å². The Morgan fingerprint density at radius 3 is 2.20 bits per heavy atom. The molecule has 176 valence electrons. The van der Waals surface area contributed by atoms with Gasteiger partial charge in [-0.1, -0.05) is 48.5 Å². The monoisotopic (exact) mass is 503 g/mol. The van der Waals surface area contributed by atoms with Gasteiger partial charge in [0.2, 0.25) is 0 Å². The fourth-order valence-corrected chi connectivity index (χ4v) is 5.24. The minimum Gasteiger partial charge on any atom is -0.348 e. The van der Waals surface area contributed by atoms with Crippen molar-refractivity contribution in [3.63, 3.8) is 0 Å². The van der Waals surface area contributed by atoms with Crippen LogP contribution >= 0.6 is 12.4 Å². The van der Waals surface area contributed by atoms with E-state index in [0.29, 0.717) is 17.6 Å². The van der Waals surface area contributed by atoms with E-state index in [-0.39, 0.29) is 23.2 Å². The number of para-hydroxylation sites is 1. The summed E-state index contributed by atoms with van der Waals surface area (Å²) in [5.41, 5.74) is 3.69. The molecule has 0 aliphatic heterocycles. The Morgan fingerprint density at radius 2 is 1.49 bits per heavy atom. The van der Waals surface area contributed by atoms with Crippen LogP contribution in [0.15, 0.2) is 114 Å². The van der Waals surface area contributed by atoms with Gasteiger partial charge in [0.15, 0.2) is 0 Å². The first-order valence-electron chi connectivity index (χ1n) is 10.7. The second-order valence-corrected chi connectivity index (χ2v) is 9.60. The first kappa shape index (κ1) is 24.2. The molecule has 35 heavy (non-hydrogen) atoms. The summed E-state index contributed by atoms with van der Waals surface area (Å²) in [7, 11) is -3.87. The Morgan fingerprint density at radius 1 is 0.829 bits per heavy atom. The van der Waals surface area contributed by atoms with E-state index >= 15 is 0 Å². The Bertz CT molecular complexity index is 1570. The Kier molecular flexibility index (Phi) is 7.00. The number of rotatable bonds is 6. The lowest BCUT2D eigenvalue weighted by Crippen LogP contribution is -2.22. The van der Waals surface area contributed by atoms with Crippen LogP contribution in [0.25, 0.3) is 22.0 Å². The van der Waals surface area contributed by atoms with Crippen LogP contribution in [0, 0.1) is 0 Å². The van der Waals surface area contributed by atoms with Crippen LogP contribution in [0.1, 0.15) is 15.9 Å². The Labute approximate surface area is 209 Å². The van der Waals surface area contributed by atoms with Crippen LogP contribution in [0.4, 0.5) is 0 Å². The second kappa shape index (κ2) is 10.1. The molecule has 5 aromatic rings. The third-order valence-electron chi connectivity index (χ3n) is 5.64. The summed E-state index contributed by atoms with van der Waals surface area (Å²) < 4.78 is 28.4. The highest BCUT2D eigenvalue weighted by Gasteiger charge is 2.22. The molecule has 2 heterocycles. The lowest BCUT2D eigenvalue weighted by Gasteiger charge is -2.09. The zero-order valence-corrected chi connectivity index (χ0v) is 20.2. The van der Waals surface area contributed by atoms with E-state index in [1.165, 1.54) is 28.2 Å². The number of pyridine rings is 1. The lowest BCUT2D eigenvalue weighted by atomic mass is 10.1. The van der Waals surface area contributed by atoms with Gasteiger partial charge in [0.05, 0.1) is 10.4 Å². The molecule has 3 aromatic carbocycles. The van der Waals surface area contributed by atoms with Crippen molar-refractivity contribution < 1.29 is 13.2 Å². The summed E-state index contributed by atoms with van der Waals surface area (Å²) >= 11 is 0. The number of amides is 1. The number of nitrogens with zero attached hydrogens (tertiary/aromatic N) is 2. The molecular formula is C27H22ClN3O3S. The fraction of sp³-hybridized carbons (Fsp3) is 0.0370. The molecule has 5 rings (SSSR count). The third-order valence-corrected chi connectivity index (χ3v) is 7.33. The first-order chi connectivity index (χ1) is 16.5. The quantitative estimate of drug-likeness (QED) is 0.341. The first-order valence-corrected chi connectivity index (χ1v) is 12.2. The number of aromatic nitrogens is 2. The normalized spacial score (nSPS) is 11.1. The summed E-state index contributed by atoms with van der Waals surface area (Å²) in [6.45, 7) is 0.360. The predicted molar refractivity (Wildman–Crippen MR) is 139 cm³/mol. The molecule has 0 aliphatic carbocycles. The third kappa shape index (κ3) is 4.82. The molecule has 8 heteroatoms. The molecule has 0 fully saturated rings. The standard InChI is InChI=1S/C27H21N3O3S.ClH/c31-27(29-18-20-14-16-28-17-15-20)22-10-12-23(13-11-22)34(32,33)30-19-25(21-6-2-1-3-7-21)24-8-4-5-9-26(24)30;/h1-17,19H,18H2,(H,29,31);1H. The van der Waals surface area contributed by atoms with Gasteiger partial charge in [-0.25, -0.2) is 12.4 Å². The van der Waals surface area contributed by atoms with Gasteiger partial charge in [-0.15, -0.1) is 12.4 Å². The number of halogens is 1. The predicted octanol–water partition coefficient (Wildman–Crippen LogP) is 5.29. The van der Waals surface area contributed by atoms with Gasteiger partial charge in [0, 0.05) is 41.6 Å². The molecule has 2 aromatic heterocycles. The van der Waals surface area contributed by atoms with Crippen LogP contribution < -0.4 is 5.32 Å². The van der Waals surface area contributed by atoms with Crippen LogP contribution in [-0.2, 0) is 16.6 Å². The summed E-state index contributed by atoms with van der Waals surface area (Å²) in [5.74, 6) is -0.279. The van der Waals surface area contributed by atoms with Gasteiger partial charge < -0.3 is 5.32 Å². The van der Waals surface area contributed by atoms with E-state index in [9.17, 15) is 13.2 Å². The molecule has 0 radical (unpaired) electrons. The van der Waals surface area contributed by atoms with Gasteiger partial charge >= 0.3 is 0 Å². The van der Waals surface area contributed by atoms with Gasteiger partial charge in [-0.05, 0) is 53.6 Å². The summed E-state index contributed by atoms with van der Waals surface area (Å²) in [6, 6.07) is 26.7. The molecular weight excluding hydrogens is 482 g/mol. The number of carbonyl (C=O) groups is 1. The van der Waals surface area contributed by atoms with Crippen molar-refractivity contribution in [1.82, 2.24) is 14.3 Å². The van der Waals surface area contributed by atoms with Crippen LogP contribution in [-0.4, -0.2) is 23.3 Å². The largest absolute Gasteiger partial charge is 0.348 e. The van der Waals surface area contributed by atoms with Crippen LogP contribution in [0.3, 0.4) is 0 Å². The number of carbonyl (C=O) groups excluding carboxylic acids is 1. The minimum atomic E-state index is -3.87. The summed E-state index contributed by atoms with van der Waals surface area (Å²) in [5, 5.41) is 3.68. The van der Waals surface area contributed by atoms with E-state index in [0.717, 1.165) is 22.1 Å². The average Bonchev–Trinajstić information content (AvgIpc) is 3.29. The number of fused-ring (bicyclic) bond motifs is 1. The Balaban J connectivity index is 0.00000289. The zero-order chi connectivity index (χ0) is 23.5. The van der Waals surface area contributed by atoms with Crippen molar-refractivity contribution in [3.05, 3.63) is 121 Å². The zero-order valence-electron chi connectivity index (χ0n) is 18.5. The van der Waals surface area contributed by atoms with E-state index < -0.39 is 10.0 Å². The maximum atomic E-state index is 13.5. The van der Waals surface area contributed by atoms with E-state index in [4.69, 9.17) is 0 Å². The van der Waals surface area contributed by atoms with Gasteiger partial charge in [0.1, 0.15) is 0 Å². The number of nitrogens with one attached hydrogen (secondary N) is 1. The molecule has 0 aliphatic rings. The van der Waals surface area contributed by atoms with E-state index in [1.807, 2.05) is 60.7 Å². The number of hydrogen-bond donors (Lipinski definition) is 1. The molecule has 1 amide bonds. The highest BCUT2D eigenvalue weighted by Crippen LogP contribution is 2.32.